The van der Waals surface area contributed by atoms with E-state index in [1.807, 2.05) is 27.9 Å². The zero-order valence-corrected chi connectivity index (χ0v) is 12.6. The zero-order chi connectivity index (χ0) is 14.8. The van der Waals surface area contributed by atoms with Crippen LogP contribution in [0.15, 0.2) is 0 Å². The van der Waals surface area contributed by atoms with E-state index in [1.165, 1.54) is 0 Å². The van der Waals surface area contributed by atoms with E-state index < -0.39 is 11.4 Å². The van der Waals surface area contributed by atoms with Gasteiger partial charge in [0.1, 0.15) is 0 Å². The summed E-state index contributed by atoms with van der Waals surface area (Å²) >= 11 is 0. The van der Waals surface area contributed by atoms with Gasteiger partial charge in [0.25, 0.3) is 0 Å². The van der Waals surface area contributed by atoms with E-state index in [4.69, 9.17) is 0 Å². The van der Waals surface area contributed by atoms with Crippen molar-refractivity contribution in [2.24, 2.45) is 11.3 Å². The van der Waals surface area contributed by atoms with Gasteiger partial charge in [-0.15, -0.1) is 0 Å². The van der Waals surface area contributed by atoms with Crippen molar-refractivity contribution < 1.29 is 14.7 Å². The molecular formula is C14H26N2O3. The summed E-state index contributed by atoms with van der Waals surface area (Å²) in [5, 5.41) is 9.36. The molecule has 1 fully saturated rings. The SMILES string of the molecule is CC(C)C(C)(CC(=O)N1CCC(N(C)C)C1)C(=O)O. The van der Waals surface area contributed by atoms with Crippen molar-refractivity contribution in [3.63, 3.8) is 0 Å². The van der Waals surface area contributed by atoms with Gasteiger partial charge in [0.2, 0.25) is 5.91 Å². The molecule has 0 aromatic carbocycles. The topological polar surface area (TPSA) is 60.9 Å². The minimum Gasteiger partial charge on any atom is -0.481 e. The molecular weight excluding hydrogens is 244 g/mol. The number of hydrogen-bond acceptors (Lipinski definition) is 3. The first-order chi connectivity index (χ1) is 8.68. The lowest BCUT2D eigenvalue weighted by Gasteiger charge is -2.30. The molecule has 0 saturated carbocycles. The second-order valence-corrected chi connectivity index (χ2v) is 6.30. The van der Waals surface area contributed by atoms with Crippen LogP contribution in [0.1, 0.15) is 33.6 Å². The van der Waals surface area contributed by atoms with E-state index in [9.17, 15) is 14.7 Å². The highest BCUT2D eigenvalue weighted by molar-refractivity contribution is 5.85. The van der Waals surface area contributed by atoms with E-state index in [0.29, 0.717) is 12.6 Å². The number of aliphatic carboxylic acids is 1. The summed E-state index contributed by atoms with van der Waals surface area (Å²) in [6, 6.07) is 0.388. The number of nitrogens with zero attached hydrogens (tertiary/aromatic N) is 2. The number of amides is 1. The molecule has 0 aromatic rings. The van der Waals surface area contributed by atoms with Gasteiger partial charge >= 0.3 is 5.97 Å². The lowest BCUT2D eigenvalue weighted by atomic mass is 9.76. The molecule has 110 valence electrons. The van der Waals surface area contributed by atoms with Crippen LogP contribution in [0.4, 0.5) is 0 Å². The monoisotopic (exact) mass is 270 g/mol. The van der Waals surface area contributed by atoms with E-state index >= 15 is 0 Å². The Kier molecular flexibility index (Phi) is 4.96. The summed E-state index contributed by atoms with van der Waals surface area (Å²) in [6.45, 7) is 6.81. The molecule has 0 spiro atoms. The average molecular weight is 270 g/mol. The molecule has 2 unspecified atom stereocenters. The normalized spacial score (nSPS) is 22.9. The van der Waals surface area contributed by atoms with Gasteiger partial charge in [-0.2, -0.15) is 0 Å². The molecule has 1 aliphatic rings. The van der Waals surface area contributed by atoms with Crippen LogP contribution in [0.2, 0.25) is 0 Å². The van der Waals surface area contributed by atoms with Gasteiger partial charge in [-0.25, -0.2) is 0 Å². The van der Waals surface area contributed by atoms with Gasteiger partial charge in [-0.1, -0.05) is 13.8 Å². The number of rotatable bonds is 5. The Morgan fingerprint density at radius 3 is 2.37 bits per heavy atom. The molecule has 5 nitrogen and oxygen atoms in total. The van der Waals surface area contributed by atoms with Crippen molar-refractivity contribution in [3.05, 3.63) is 0 Å². The number of carboxylic acid groups (broad SMARTS) is 1. The highest BCUT2D eigenvalue weighted by Crippen LogP contribution is 2.32. The maximum atomic E-state index is 12.3. The Bertz CT molecular complexity index is 355. The summed E-state index contributed by atoms with van der Waals surface area (Å²) < 4.78 is 0. The van der Waals surface area contributed by atoms with Crippen LogP contribution in [-0.4, -0.2) is 60.0 Å². The molecule has 2 atom stereocenters. The van der Waals surface area contributed by atoms with Gasteiger partial charge in [0.15, 0.2) is 0 Å². The lowest BCUT2D eigenvalue weighted by molar-refractivity contribution is -0.155. The van der Waals surface area contributed by atoms with Crippen LogP contribution in [0.25, 0.3) is 0 Å². The number of likely N-dealkylation sites (N-methyl/N-ethyl adjacent to an activating group) is 1. The molecule has 19 heavy (non-hydrogen) atoms. The molecule has 0 aromatic heterocycles. The number of carbonyl (C=O) groups is 2. The molecule has 1 aliphatic heterocycles. The first kappa shape index (κ1) is 16.0. The quantitative estimate of drug-likeness (QED) is 0.817. The van der Waals surface area contributed by atoms with Crippen LogP contribution in [-0.2, 0) is 9.59 Å². The highest BCUT2D eigenvalue weighted by Gasteiger charge is 2.41. The van der Waals surface area contributed by atoms with Crippen LogP contribution in [0, 0.1) is 11.3 Å². The Morgan fingerprint density at radius 2 is 2.00 bits per heavy atom. The Hall–Kier alpha value is -1.10. The fourth-order valence-corrected chi connectivity index (χ4v) is 2.34. The second-order valence-electron chi connectivity index (χ2n) is 6.30. The van der Waals surface area contributed by atoms with Gasteiger partial charge in [0.05, 0.1) is 5.41 Å². The molecule has 1 N–H and O–H groups in total. The van der Waals surface area contributed by atoms with Gasteiger partial charge in [-0.3, -0.25) is 9.59 Å². The molecule has 5 heteroatoms. The van der Waals surface area contributed by atoms with Crippen molar-refractivity contribution in [2.75, 3.05) is 27.2 Å². The third-order valence-electron chi connectivity index (χ3n) is 4.53. The van der Waals surface area contributed by atoms with E-state index in [1.54, 1.807) is 11.8 Å². The fourth-order valence-electron chi connectivity index (χ4n) is 2.34. The molecule has 0 bridgehead atoms. The largest absolute Gasteiger partial charge is 0.481 e. The number of likely N-dealkylation sites (tertiary alicyclic amines) is 1. The van der Waals surface area contributed by atoms with Crippen molar-refractivity contribution in [1.82, 2.24) is 9.80 Å². The zero-order valence-electron chi connectivity index (χ0n) is 12.6. The summed E-state index contributed by atoms with van der Waals surface area (Å²) in [4.78, 5) is 27.6. The summed E-state index contributed by atoms with van der Waals surface area (Å²) in [5.74, 6) is -0.997. The predicted octanol–water partition coefficient (Wildman–Crippen LogP) is 1.29. The molecule has 1 rings (SSSR count). The Balaban J connectivity index is 2.67. The standard InChI is InChI=1S/C14H26N2O3/c1-10(2)14(3,13(18)19)8-12(17)16-7-6-11(9-16)15(4)5/h10-11H,6-9H2,1-5H3,(H,18,19). The first-order valence-corrected chi connectivity index (χ1v) is 6.86. The Morgan fingerprint density at radius 1 is 1.42 bits per heavy atom. The number of carbonyl (C=O) groups excluding carboxylic acids is 1. The van der Waals surface area contributed by atoms with E-state index in [-0.39, 0.29) is 18.2 Å². The maximum Gasteiger partial charge on any atom is 0.310 e. The van der Waals surface area contributed by atoms with Crippen LogP contribution >= 0.6 is 0 Å². The highest BCUT2D eigenvalue weighted by atomic mass is 16.4. The van der Waals surface area contributed by atoms with E-state index in [2.05, 4.69) is 4.90 Å². The molecule has 0 radical (unpaired) electrons. The number of hydrogen-bond donors (Lipinski definition) is 1. The van der Waals surface area contributed by atoms with Crippen molar-refractivity contribution in [3.8, 4) is 0 Å². The van der Waals surface area contributed by atoms with Crippen LogP contribution in [0.5, 0.6) is 0 Å². The average Bonchev–Trinajstić information content (AvgIpc) is 2.77. The first-order valence-electron chi connectivity index (χ1n) is 6.86. The third kappa shape index (κ3) is 3.47. The minimum absolute atomic E-state index is 0.0389. The second kappa shape index (κ2) is 5.90. The van der Waals surface area contributed by atoms with Gasteiger partial charge < -0.3 is 14.9 Å². The van der Waals surface area contributed by atoms with Crippen molar-refractivity contribution in [2.45, 2.75) is 39.7 Å². The van der Waals surface area contributed by atoms with Crippen LogP contribution in [0.3, 0.4) is 0 Å². The van der Waals surface area contributed by atoms with Crippen LogP contribution < -0.4 is 0 Å². The maximum absolute atomic E-state index is 12.3. The molecule has 1 heterocycles. The molecule has 1 amide bonds. The van der Waals surface area contributed by atoms with Gasteiger partial charge in [-0.05, 0) is 33.4 Å². The molecule has 1 saturated heterocycles. The van der Waals surface area contributed by atoms with Crippen molar-refractivity contribution in [1.29, 1.82) is 0 Å². The smallest absolute Gasteiger partial charge is 0.310 e. The lowest BCUT2D eigenvalue weighted by Crippen LogP contribution is -2.41. The predicted molar refractivity (Wildman–Crippen MR) is 73.9 cm³/mol. The van der Waals surface area contributed by atoms with Crippen molar-refractivity contribution >= 4 is 11.9 Å². The molecule has 0 aliphatic carbocycles. The third-order valence-corrected chi connectivity index (χ3v) is 4.53. The van der Waals surface area contributed by atoms with Gasteiger partial charge in [0, 0.05) is 25.6 Å². The van der Waals surface area contributed by atoms with E-state index in [0.717, 1.165) is 13.0 Å². The number of carboxylic acids is 1. The summed E-state index contributed by atoms with van der Waals surface area (Å²) in [7, 11) is 4.02. The summed E-state index contributed by atoms with van der Waals surface area (Å²) in [6.07, 6.45) is 1.05. The fraction of sp³-hybridized carbons (Fsp3) is 0.857. The summed E-state index contributed by atoms with van der Waals surface area (Å²) in [5.41, 5.74) is -0.979. The minimum atomic E-state index is -0.979. The Labute approximate surface area is 115 Å².